The number of benzene rings is 1. The van der Waals surface area contributed by atoms with Crippen molar-refractivity contribution >= 4 is 15.7 Å². The molecule has 0 fully saturated rings. The number of rotatable bonds is 3. The standard InChI is InChI=1S/C16H22N4O2S/c1-12-8-16-13(9-17-18-16)11-20(10-12)23(21,22)15-6-4-14(5-7-15)19(2)3/h4-7,9,12H,8,10-11H2,1-3H3,(H,17,18). The van der Waals surface area contributed by atoms with Crippen LogP contribution in [-0.2, 0) is 23.0 Å². The first-order valence-electron chi connectivity index (χ1n) is 7.66. The van der Waals surface area contributed by atoms with Crippen molar-refractivity contribution in [2.24, 2.45) is 5.92 Å². The van der Waals surface area contributed by atoms with Gasteiger partial charge in [-0.1, -0.05) is 6.92 Å². The molecule has 2 aromatic rings. The Labute approximate surface area is 137 Å². The summed E-state index contributed by atoms with van der Waals surface area (Å²) in [5, 5.41) is 7.03. The Bertz CT molecular complexity index is 781. The topological polar surface area (TPSA) is 69.3 Å². The predicted octanol–water partition coefficient (Wildman–Crippen LogP) is 1.86. The molecule has 124 valence electrons. The number of aromatic nitrogens is 2. The van der Waals surface area contributed by atoms with E-state index in [1.807, 2.05) is 31.1 Å². The largest absolute Gasteiger partial charge is 0.378 e. The van der Waals surface area contributed by atoms with Crippen LogP contribution in [0.15, 0.2) is 35.4 Å². The maximum absolute atomic E-state index is 13.0. The lowest BCUT2D eigenvalue weighted by Crippen LogP contribution is -2.33. The molecule has 6 nitrogen and oxygen atoms in total. The Kier molecular flexibility index (Phi) is 4.16. The molecule has 0 aliphatic carbocycles. The molecule has 23 heavy (non-hydrogen) atoms. The summed E-state index contributed by atoms with van der Waals surface area (Å²) in [7, 11) is 0.354. The fraction of sp³-hybridized carbons (Fsp3) is 0.438. The first kappa shape index (κ1) is 16.0. The van der Waals surface area contributed by atoms with E-state index in [0.29, 0.717) is 18.0 Å². The summed E-state index contributed by atoms with van der Waals surface area (Å²) in [6.45, 7) is 2.95. The summed E-state index contributed by atoms with van der Waals surface area (Å²) in [5.41, 5.74) is 2.98. The highest BCUT2D eigenvalue weighted by molar-refractivity contribution is 7.89. The Morgan fingerprint density at radius 2 is 1.96 bits per heavy atom. The van der Waals surface area contributed by atoms with Crippen LogP contribution >= 0.6 is 0 Å². The second-order valence-corrected chi connectivity index (χ2v) is 8.31. The smallest absolute Gasteiger partial charge is 0.243 e. The van der Waals surface area contributed by atoms with E-state index in [0.717, 1.165) is 23.4 Å². The van der Waals surface area contributed by atoms with E-state index in [-0.39, 0.29) is 5.92 Å². The average molecular weight is 334 g/mol. The zero-order chi connectivity index (χ0) is 16.6. The lowest BCUT2D eigenvalue weighted by Gasteiger charge is -2.22. The molecule has 1 aliphatic heterocycles. The van der Waals surface area contributed by atoms with Gasteiger partial charge in [0.15, 0.2) is 0 Å². The van der Waals surface area contributed by atoms with E-state index < -0.39 is 10.0 Å². The molecule has 0 bridgehead atoms. The summed E-state index contributed by atoms with van der Waals surface area (Å²) in [5.74, 6) is 0.243. The quantitative estimate of drug-likeness (QED) is 0.930. The number of H-pyrrole nitrogens is 1. The summed E-state index contributed by atoms with van der Waals surface area (Å²) >= 11 is 0. The summed E-state index contributed by atoms with van der Waals surface area (Å²) in [6, 6.07) is 7.02. The van der Waals surface area contributed by atoms with Gasteiger partial charge in [0.05, 0.1) is 11.1 Å². The first-order valence-corrected chi connectivity index (χ1v) is 9.10. The second kappa shape index (κ2) is 5.98. The van der Waals surface area contributed by atoms with E-state index in [1.165, 1.54) is 0 Å². The van der Waals surface area contributed by atoms with Gasteiger partial charge >= 0.3 is 0 Å². The first-order chi connectivity index (χ1) is 10.9. The van der Waals surface area contributed by atoms with Gasteiger partial charge in [-0.15, -0.1) is 0 Å². The summed E-state index contributed by atoms with van der Waals surface area (Å²) in [6.07, 6.45) is 2.55. The van der Waals surface area contributed by atoms with Crippen molar-refractivity contribution in [1.29, 1.82) is 0 Å². The fourth-order valence-electron chi connectivity index (χ4n) is 2.91. The molecule has 2 heterocycles. The number of hydrogen-bond donors (Lipinski definition) is 1. The van der Waals surface area contributed by atoms with Crippen molar-refractivity contribution in [3.63, 3.8) is 0 Å². The van der Waals surface area contributed by atoms with Crippen LogP contribution in [0.3, 0.4) is 0 Å². The van der Waals surface area contributed by atoms with Gasteiger partial charge in [-0.05, 0) is 36.6 Å². The third-order valence-corrected chi connectivity index (χ3v) is 6.04. The van der Waals surface area contributed by atoms with Crippen LogP contribution < -0.4 is 4.90 Å². The second-order valence-electron chi connectivity index (χ2n) is 6.37. The van der Waals surface area contributed by atoms with Crippen LogP contribution in [0.1, 0.15) is 18.2 Å². The monoisotopic (exact) mass is 334 g/mol. The van der Waals surface area contributed by atoms with Gasteiger partial charge in [-0.2, -0.15) is 9.40 Å². The van der Waals surface area contributed by atoms with Crippen LogP contribution in [0.4, 0.5) is 5.69 Å². The van der Waals surface area contributed by atoms with E-state index in [4.69, 9.17) is 0 Å². The lowest BCUT2D eigenvalue weighted by molar-refractivity contribution is 0.361. The Balaban J connectivity index is 1.92. The number of nitrogens with one attached hydrogen (secondary N) is 1. The van der Waals surface area contributed by atoms with Crippen molar-refractivity contribution in [3.05, 3.63) is 41.7 Å². The minimum absolute atomic E-state index is 0.243. The predicted molar refractivity (Wildman–Crippen MR) is 89.8 cm³/mol. The summed E-state index contributed by atoms with van der Waals surface area (Å²) in [4.78, 5) is 2.28. The highest BCUT2D eigenvalue weighted by atomic mass is 32.2. The molecule has 1 aromatic heterocycles. The Morgan fingerprint density at radius 1 is 1.26 bits per heavy atom. The van der Waals surface area contributed by atoms with Crippen molar-refractivity contribution < 1.29 is 8.42 Å². The number of sulfonamides is 1. The van der Waals surface area contributed by atoms with Crippen LogP contribution in [0.5, 0.6) is 0 Å². The minimum Gasteiger partial charge on any atom is -0.378 e. The molecule has 0 saturated heterocycles. The van der Waals surface area contributed by atoms with Gasteiger partial charge in [0.2, 0.25) is 10.0 Å². The van der Waals surface area contributed by atoms with E-state index in [2.05, 4.69) is 17.1 Å². The van der Waals surface area contributed by atoms with Gasteiger partial charge in [0, 0.05) is 44.1 Å². The molecule has 7 heteroatoms. The molecule has 1 atom stereocenters. The zero-order valence-electron chi connectivity index (χ0n) is 13.7. The zero-order valence-corrected chi connectivity index (χ0v) is 14.5. The van der Waals surface area contributed by atoms with Gasteiger partial charge in [-0.3, -0.25) is 5.10 Å². The number of aromatic amines is 1. The number of anilines is 1. The summed E-state index contributed by atoms with van der Waals surface area (Å²) < 4.78 is 27.5. The van der Waals surface area contributed by atoms with Crippen LogP contribution in [0.2, 0.25) is 0 Å². The molecule has 1 N–H and O–H groups in total. The van der Waals surface area contributed by atoms with Crippen molar-refractivity contribution in [3.8, 4) is 0 Å². The molecule has 0 spiro atoms. The molecule has 3 rings (SSSR count). The number of hydrogen-bond acceptors (Lipinski definition) is 4. The van der Waals surface area contributed by atoms with Gasteiger partial charge in [0.25, 0.3) is 0 Å². The molecule has 1 unspecified atom stereocenters. The van der Waals surface area contributed by atoms with Crippen molar-refractivity contribution in [1.82, 2.24) is 14.5 Å². The Hall–Kier alpha value is -1.86. The third-order valence-electron chi connectivity index (χ3n) is 4.21. The normalized spacial score (nSPS) is 19.2. The average Bonchev–Trinajstić information content (AvgIpc) is 2.86. The number of nitrogens with zero attached hydrogens (tertiary/aromatic N) is 3. The third kappa shape index (κ3) is 3.11. The molecular weight excluding hydrogens is 312 g/mol. The molecule has 1 aliphatic rings. The highest BCUT2D eigenvalue weighted by Gasteiger charge is 2.30. The van der Waals surface area contributed by atoms with Crippen molar-refractivity contribution in [2.45, 2.75) is 24.8 Å². The van der Waals surface area contributed by atoms with Crippen molar-refractivity contribution in [2.75, 3.05) is 25.5 Å². The number of fused-ring (bicyclic) bond motifs is 1. The van der Waals surface area contributed by atoms with Gasteiger partial charge < -0.3 is 4.90 Å². The highest BCUT2D eigenvalue weighted by Crippen LogP contribution is 2.26. The molecule has 0 saturated carbocycles. The molecular formula is C16H22N4O2S. The molecule has 1 aromatic carbocycles. The lowest BCUT2D eigenvalue weighted by atomic mass is 10.1. The maximum Gasteiger partial charge on any atom is 0.243 e. The van der Waals surface area contributed by atoms with Gasteiger partial charge in [0.1, 0.15) is 0 Å². The fourth-order valence-corrected chi connectivity index (χ4v) is 4.45. The van der Waals surface area contributed by atoms with Crippen LogP contribution in [0.25, 0.3) is 0 Å². The Morgan fingerprint density at radius 3 is 2.61 bits per heavy atom. The molecule has 0 radical (unpaired) electrons. The van der Waals surface area contributed by atoms with E-state index in [1.54, 1.807) is 22.6 Å². The van der Waals surface area contributed by atoms with Crippen LogP contribution in [-0.4, -0.2) is 43.6 Å². The minimum atomic E-state index is -3.51. The van der Waals surface area contributed by atoms with Crippen LogP contribution in [0, 0.1) is 5.92 Å². The SMILES string of the molecule is CC1Cc2[nH]ncc2CN(S(=O)(=O)c2ccc(N(C)C)cc2)C1. The van der Waals surface area contributed by atoms with Gasteiger partial charge in [-0.25, -0.2) is 8.42 Å². The van der Waals surface area contributed by atoms with E-state index >= 15 is 0 Å². The van der Waals surface area contributed by atoms with E-state index in [9.17, 15) is 8.42 Å². The molecule has 0 amide bonds. The maximum atomic E-state index is 13.0.